The highest BCUT2D eigenvalue weighted by molar-refractivity contribution is 7.21. The lowest BCUT2D eigenvalue weighted by molar-refractivity contribution is 0.103. The molecule has 0 fully saturated rings. The van der Waals surface area contributed by atoms with Gasteiger partial charge in [-0.2, -0.15) is 9.61 Å². The maximum absolute atomic E-state index is 12.8. The molecule has 0 aliphatic heterocycles. The quantitative estimate of drug-likeness (QED) is 0.390. The van der Waals surface area contributed by atoms with Gasteiger partial charge in [-0.1, -0.05) is 52.7 Å². The SMILES string of the molecule is O=C(Nc1cccc(-c2nn3cnnc3s2)c1)c1sc2cc(Cl)ccc2c1Cl. The molecule has 6 nitrogen and oxygen atoms in total. The van der Waals surface area contributed by atoms with Crippen molar-refractivity contribution in [3.8, 4) is 10.6 Å². The van der Waals surface area contributed by atoms with E-state index in [9.17, 15) is 4.79 Å². The van der Waals surface area contributed by atoms with E-state index in [1.54, 1.807) is 23.0 Å². The summed E-state index contributed by atoms with van der Waals surface area (Å²) in [5, 5.41) is 17.8. The lowest BCUT2D eigenvalue weighted by Crippen LogP contribution is -2.10. The van der Waals surface area contributed by atoms with Crippen LogP contribution < -0.4 is 5.32 Å². The molecule has 0 aliphatic rings. The molecule has 0 radical (unpaired) electrons. The molecule has 0 aliphatic carbocycles. The molecule has 1 amide bonds. The van der Waals surface area contributed by atoms with Gasteiger partial charge in [-0.15, -0.1) is 21.5 Å². The molecule has 0 saturated carbocycles. The van der Waals surface area contributed by atoms with Crippen LogP contribution in [-0.4, -0.2) is 25.7 Å². The minimum atomic E-state index is -0.266. The Hall–Kier alpha value is -2.52. The van der Waals surface area contributed by atoms with Crippen molar-refractivity contribution < 1.29 is 4.79 Å². The zero-order valence-corrected chi connectivity index (χ0v) is 17.0. The maximum Gasteiger partial charge on any atom is 0.267 e. The number of carbonyl (C=O) groups is 1. The summed E-state index contributed by atoms with van der Waals surface area (Å²) in [5.41, 5.74) is 1.53. The molecule has 0 saturated heterocycles. The monoisotopic (exact) mass is 445 g/mol. The van der Waals surface area contributed by atoms with E-state index >= 15 is 0 Å². The summed E-state index contributed by atoms with van der Waals surface area (Å²) in [6.07, 6.45) is 1.55. The first kappa shape index (κ1) is 17.6. The number of hydrogen-bond acceptors (Lipinski definition) is 6. The largest absolute Gasteiger partial charge is 0.321 e. The van der Waals surface area contributed by atoms with Gasteiger partial charge >= 0.3 is 0 Å². The smallest absolute Gasteiger partial charge is 0.267 e. The summed E-state index contributed by atoms with van der Waals surface area (Å²) in [4.78, 5) is 13.9. The van der Waals surface area contributed by atoms with Crippen LogP contribution in [0.5, 0.6) is 0 Å². The Morgan fingerprint density at radius 2 is 2.00 bits per heavy atom. The Labute approximate surface area is 176 Å². The number of thiophene rings is 1. The lowest BCUT2D eigenvalue weighted by Gasteiger charge is -2.05. The summed E-state index contributed by atoms with van der Waals surface area (Å²) in [6.45, 7) is 0. The first-order valence-corrected chi connectivity index (χ1v) is 10.4. The van der Waals surface area contributed by atoms with Crippen molar-refractivity contribution in [2.24, 2.45) is 0 Å². The molecule has 0 unspecified atom stereocenters. The van der Waals surface area contributed by atoms with E-state index in [2.05, 4.69) is 20.6 Å². The van der Waals surface area contributed by atoms with Crippen LogP contribution in [0, 0.1) is 0 Å². The van der Waals surface area contributed by atoms with Crippen molar-refractivity contribution in [2.45, 2.75) is 0 Å². The number of aromatic nitrogens is 4. The van der Waals surface area contributed by atoms with Gasteiger partial charge in [0.05, 0.1) is 5.02 Å². The van der Waals surface area contributed by atoms with Gasteiger partial charge < -0.3 is 5.32 Å². The third kappa shape index (κ3) is 3.04. The van der Waals surface area contributed by atoms with Crippen LogP contribution in [0.1, 0.15) is 9.67 Å². The van der Waals surface area contributed by atoms with Gasteiger partial charge in [0.15, 0.2) is 0 Å². The molecule has 0 bridgehead atoms. The number of nitrogens with zero attached hydrogens (tertiary/aromatic N) is 4. The van der Waals surface area contributed by atoms with Gasteiger partial charge in [-0.05, 0) is 24.3 Å². The van der Waals surface area contributed by atoms with Gasteiger partial charge in [0.2, 0.25) is 4.96 Å². The van der Waals surface area contributed by atoms with E-state index in [1.165, 1.54) is 22.7 Å². The van der Waals surface area contributed by atoms with Crippen molar-refractivity contribution in [2.75, 3.05) is 5.32 Å². The Balaban J connectivity index is 1.45. The molecule has 10 heteroatoms. The van der Waals surface area contributed by atoms with Crippen LogP contribution >= 0.6 is 45.9 Å². The number of anilines is 1. The summed E-state index contributed by atoms with van der Waals surface area (Å²) in [6, 6.07) is 12.9. The number of hydrogen-bond donors (Lipinski definition) is 1. The standard InChI is InChI=1S/C18H9Cl2N5OS2/c19-10-4-5-12-13(7-10)27-15(14(12)20)16(26)22-11-3-1-2-9(6-11)17-24-25-8-21-23-18(25)28-17/h1-8H,(H,22,26). The summed E-state index contributed by atoms with van der Waals surface area (Å²) in [7, 11) is 0. The van der Waals surface area contributed by atoms with Crippen LogP contribution in [0.2, 0.25) is 10.0 Å². The van der Waals surface area contributed by atoms with E-state index in [4.69, 9.17) is 23.2 Å². The van der Waals surface area contributed by atoms with Crippen LogP contribution in [0.25, 0.3) is 25.6 Å². The van der Waals surface area contributed by atoms with E-state index in [1.807, 2.05) is 30.3 Å². The highest BCUT2D eigenvalue weighted by Crippen LogP contribution is 2.37. The number of nitrogens with one attached hydrogen (secondary N) is 1. The molecular weight excluding hydrogens is 437 g/mol. The van der Waals surface area contributed by atoms with Crippen molar-refractivity contribution in [3.63, 3.8) is 0 Å². The highest BCUT2D eigenvalue weighted by atomic mass is 35.5. The molecule has 28 heavy (non-hydrogen) atoms. The number of amides is 1. The van der Waals surface area contributed by atoms with Gasteiger partial charge in [-0.3, -0.25) is 4.79 Å². The zero-order valence-electron chi connectivity index (χ0n) is 13.9. The van der Waals surface area contributed by atoms with Crippen LogP contribution in [0.15, 0.2) is 48.8 Å². The second-order valence-electron chi connectivity index (χ2n) is 5.89. The number of halogens is 2. The van der Waals surface area contributed by atoms with Crippen molar-refractivity contribution in [1.82, 2.24) is 19.8 Å². The molecule has 5 aromatic rings. The summed E-state index contributed by atoms with van der Waals surface area (Å²) < 4.78 is 2.49. The van der Waals surface area contributed by atoms with E-state index in [0.29, 0.717) is 25.6 Å². The number of fused-ring (bicyclic) bond motifs is 2. The third-order valence-corrected chi connectivity index (χ3v) is 6.90. The van der Waals surface area contributed by atoms with Gasteiger partial charge in [0.1, 0.15) is 16.2 Å². The number of benzene rings is 2. The fourth-order valence-electron chi connectivity index (χ4n) is 2.78. The summed E-state index contributed by atoms with van der Waals surface area (Å²) >= 11 is 15.2. The van der Waals surface area contributed by atoms with E-state index in [-0.39, 0.29) is 5.91 Å². The molecule has 0 atom stereocenters. The lowest BCUT2D eigenvalue weighted by atomic mass is 10.2. The molecular formula is C18H9Cl2N5OS2. The molecule has 1 N–H and O–H groups in total. The summed E-state index contributed by atoms with van der Waals surface area (Å²) in [5.74, 6) is -0.266. The van der Waals surface area contributed by atoms with Gasteiger partial charge in [0, 0.05) is 26.4 Å². The molecule has 2 aromatic carbocycles. The zero-order chi connectivity index (χ0) is 19.3. The molecule has 0 spiro atoms. The number of rotatable bonds is 3. The fraction of sp³-hybridized carbons (Fsp3) is 0. The minimum absolute atomic E-state index is 0.266. The first-order valence-electron chi connectivity index (χ1n) is 8.05. The van der Waals surface area contributed by atoms with E-state index in [0.717, 1.165) is 20.7 Å². The third-order valence-electron chi connectivity index (χ3n) is 4.05. The normalized spacial score (nSPS) is 11.4. The Morgan fingerprint density at radius 1 is 1.11 bits per heavy atom. The van der Waals surface area contributed by atoms with E-state index < -0.39 is 0 Å². The second kappa shape index (κ2) is 6.82. The molecule has 3 heterocycles. The fourth-order valence-corrected chi connectivity index (χ4v) is 5.28. The topological polar surface area (TPSA) is 72.2 Å². The van der Waals surface area contributed by atoms with Crippen molar-refractivity contribution in [3.05, 3.63) is 63.7 Å². The van der Waals surface area contributed by atoms with Crippen molar-refractivity contribution in [1.29, 1.82) is 0 Å². The van der Waals surface area contributed by atoms with Gasteiger partial charge in [-0.25, -0.2) is 0 Å². The average molecular weight is 446 g/mol. The average Bonchev–Trinajstić information content (AvgIpc) is 3.35. The predicted octanol–water partition coefficient (Wildman–Crippen LogP) is 5.63. The second-order valence-corrected chi connectivity index (χ2v) is 8.71. The highest BCUT2D eigenvalue weighted by Gasteiger charge is 2.18. The Bertz CT molecular complexity index is 1330. The van der Waals surface area contributed by atoms with Crippen molar-refractivity contribution >= 4 is 72.5 Å². The Kier molecular flexibility index (Phi) is 4.28. The Morgan fingerprint density at radius 3 is 2.86 bits per heavy atom. The maximum atomic E-state index is 12.8. The molecule has 3 aromatic heterocycles. The minimum Gasteiger partial charge on any atom is -0.321 e. The van der Waals surface area contributed by atoms with Gasteiger partial charge in [0.25, 0.3) is 5.91 Å². The first-order chi connectivity index (χ1) is 13.6. The van der Waals surface area contributed by atoms with Crippen LogP contribution in [-0.2, 0) is 0 Å². The van der Waals surface area contributed by atoms with Crippen LogP contribution in [0.4, 0.5) is 5.69 Å². The number of carbonyl (C=O) groups excluding carboxylic acids is 1. The van der Waals surface area contributed by atoms with Crippen LogP contribution in [0.3, 0.4) is 0 Å². The predicted molar refractivity (Wildman–Crippen MR) is 114 cm³/mol. The molecule has 5 rings (SSSR count). The molecule has 138 valence electrons.